The third kappa shape index (κ3) is 3.62. The molecule has 21 heavy (non-hydrogen) atoms. The normalized spacial score (nSPS) is 10.4. The molecule has 6 heteroatoms. The summed E-state index contributed by atoms with van der Waals surface area (Å²) in [6, 6.07) is 5.82. The summed E-state index contributed by atoms with van der Waals surface area (Å²) in [6.45, 7) is 3.38. The highest BCUT2D eigenvalue weighted by Gasteiger charge is 2.17. The number of hydrogen-bond donors (Lipinski definition) is 1. The van der Waals surface area contributed by atoms with Gasteiger partial charge in [0.2, 0.25) is 5.78 Å². The number of carbonyl (C=O) groups excluding carboxylic acids is 2. The van der Waals surface area contributed by atoms with Gasteiger partial charge in [0.1, 0.15) is 11.3 Å². The van der Waals surface area contributed by atoms with E-state index in [9.17, 15) is 14.7 Å². The molecule has 0 aliphatic rings. The molecule has 4 nitrogen and oxygen atoms in total. The number of ketones is 1. The van der Waals surface area contributed by atoms with E-state index < -0.39 is 5.97 Å². The Bertz CT molecular complexity index is 706. The van der Waals surface area contributed by atoms with Crippen LogP contribution in [-0.2, 0) is 4.74 Å². The summed E-state index contributed by atoms with van der Waals surface area (Å²) in [7, 11) is 0. The molecule has 2 aromatic rings. The van der Waals surface area contributed by atoms with Crippen LogP contribution >= 0.6 is 22.9 Å². The van der Waals surface area contributed by atoms with Crippen molar-refractivity contribution in [3.05, 3.63) is 50.2 Å². The first kappa shape index (κ1) is 15.5. The SMILES string of the molecule is Cc1cc(C(=O)COC(=O)c2cc(Cl)ccc2O)c(C)s1. The second kappa shape index (κ2) is 6.28. The number of aryl methyl sites for hydroxylation is 2. The Morgan fingerprint density at radius 3 is 2.57 bits per heavy atom. The molecule has 0 amide bonds. The van der Waals surface area contributed by atoms with Crippen LogP contribution in [0.25, 0.3) is 0 Å². The highest BCUT2D eigenvalue weighted by atomic mass is 35.5. The van der Waals surface area contributed by atoms with Crippen LogP contribution in [0.1, 0.15) is 30.5 Å². The smallest absolute Gasteiger partial charge is 0.342 e. The minimum atomic E-state index is -0.784. The topological polar surface area (TPSA) is 63.6 Å². The highest BCUT2D eigenvalue weighted by Crippen LogP contribution is 2.23. The lowest BCUT2D eigenvalue weighted by molar-refractivity contribution is 0.0471. The summed E-state index contributed by atoms with van der Waals surface area (Å²) in [6.07, 6.45) is 0. The average Bonchev–Trinajstić information content (AvgIpc) is 2.77. The number of phenolic OH excluding ortho intramolecular Hbond substituents is 1. The number of hydrogen-bond acceptors (Lipinski definition) is 5. The molecule has 0 spiro atoms. The summed E-state index contributed by atoms with van der Waals surface area (Å²) in [5.41, 5.74) is 0.495. The van der Waals surface area contributed by atoms with Crippen molar-refractivity contribution in [2.75, 3.05) is 6.61 Å². The summed E-state index contributed by atoms with van der Waals surface area (Å²) >= 11 is 7.27. The van der Waals surface area contributed by atoms with E-state index in [1.165, 1.54) is 29.5 Å². The molecule has 0 bridgehead atoms. The molecular weight excluding hydrogens is 312 g/mol. The van der Waals surface area contributed by atoms with E-state index in [1.54, 1.807) is 6.07 Å². The summed E-state index contributed by atoms with van der Waals surface area (Å²) < 4.78 is 4.94. The van der Waals surface area contributed by atoms with Crippen LogP contribution in [0, 0.1) is 13.8 Å². The largest absolute Gasteiger partial charge is 0.507 e. The summed E-state index contributed by atoms with van der Waals surface area (Å²) in [5, 5.41) is 9.89. The minimum Gasteiger partial charge on any atom is -0.507 e. The molecule has 2 rings (SSSR count). The summed E-state index contributed by atoms with van der Waals surface area (Å²) in [4.78, 5) is 25.8. The molecule has 0 aliphatic heterocycles. The first-order chi connectivity index (χ1) is 9.88. The number of halogens is 1. The maximum absolute atomic E-state index is 12.0. The van der Waals surface area contributed by atoms with E-state index in [-0.39, 0.29) is 23.7 Å². The fourth-order valence-electron chi connectivity index (χ4n) is 1.87. The van der Waals surface area contributed by atoms with Crippen LogP contribution in [-0.4, -0.2) is 23.5 Å². The number of esters is 1. The first-order valence-electron chi connectivity index (χ1n) is 6.14. The summed E-state index contributed by atoms with van der Waals surface area (Å²) in [5.74, 6) is -1.29. The second-order valence-electron chi connectivity index (χ2n) is 4.49. The van der Waals surface area contributed by atoms with Gasteiger partial charge in [0.25, 0.3) is 0 Å². The van der Waals surface area contributed by atoms with Gasteiger partial charge in [-0.25, -0.2) is 4.79 Å². The Morgan fingerprint density at radius 2 is 1.95 bits per heavy atom. The van der Waals surface area contributed by atoms with Gasteiger partial charge >= 0.3 is 5.97 Å². The zero-order valence-electron chi connectivity index (χ0n) is 11.5. The highest BCUT2D eigenvalue weighted by molar-refractivity contribution is 7.12. The van der Waals surface area contributed by atoms with Crippen molar-refractivity contribution >= 4 is 34.7 Å². The minimum absolute atomic E-state index is 0.0616. The van der Waals surface area contributed by atoms with Crippen molar-refractivity contribution in [3.8, 4) is 5.75 Å². The van der Waals surface area contributed by atoms with Gasteiger partial charge in [-0.3, -0.25) is 4.79 Å². The van der Waals surface area contributed by atoms with Gasteiger partial charge in [-0.05, 0) is 38.1 Å². The lowest BCUT2D eigenvalue weighted by Gasteiger charge is -2.06. The number of aromatic hydroxyl groups is 1. The van der Waals surface area contributed by atoms with Gasteiger partial charge in [0, 0.05) is 20.3 Å². The molecule has 1 N–H and O–H groups in total. The van der Waals surface area contributed by atoms with E-state index in [0.29, 0.717) is 10.6 Å². The van der Waals surface area contributed by atoms with Crippen LogP contribution in [0.3, 0.4) is 0 Å². The number of carbonyl (C=O) groups is 2. The number of phenols is 1. The Labute approximate surface area is 130 Å². The molecule has 0 radical (unpaired) electrons. The Kier molecular flexibility index (Phi) is 4.65. The maximum atomic E-state index is 12.0. The van der Waals surface area contributed by atoms with Crippen LogP contribution in [0.15, 0.2) is 24.3 Å². The fraction of sp³-hybridized carbons (Fsp3) is 0.200. The van der Waals surface area contributed by atoms with Crippen LogP contribution in [0.5, 0.6) is 5.75 Å². The molecule has 1 aromatic heterocycles. The zero-order chi connectivity index (χ0) is 15.6. The van der Waals surface area contributed by atoms with Crippen LogP contribution < -0.4 is 0 Å². The van der Waals surface area contributed by atoms with Gasteiger partial charge < -0.3 is 9.84 Å². The van der Waals surface area contributed by atoms with Gasteiger partial charge in [-0.15, -0.1) is 11.3 Å². The fourth-order valence-corrected chi connectivity index (χ4v) is 2.98. The predicted octanol–water partition coefficient (Wildman–Crippen LogP) is 3.76. The second-order valence-corrected chi connectivity index (χ2v) is 6.38. The quantitative estimate of drug-likeness (QED) is 0.687. The number of rotatable bonds is 4. The van der Waals surface area contributed by atoms with Crippen molar-refractivity contribution < 1.29 is 19.4 Å². The maximum Gasteiger partial charge on any atom is 0.342 e. The monoisotopic (exact) mass is 324 g/mol. The molecule has 1 aromatic carbocycles. The molecule has 0 atom stereocenters. The molecule has 0 saturated carbocycles. The van der Waals surface area contributed by atoms with E-state index in [0.717, 1.165) is 9.75 Å². The molecule has 0 unspecified atom stereocenters. The van der Waals surface area contributed by atoms with Crippen molar-refractivity contribution in [1.82, 2.24) is 0 Å². The van der Waals surface area contributed by atoms with Gasteiger partial charge in [0.05, 0.1) is 0 Å². The molecule has 1 heterocycles. The van der Waals surface area contributed by atoms with Crippen molar-refractivity contribution in [3.63, 3.8) is 0 Å². The Balaban J connectivity index is 2.06. The van der Waals surface area contributed by atoms with Crippen molar-refractivity contribution in [2.24, 2.45) is 0 Å². The number of ether oxygens (including phenoxy) is 1. The number of thiophene rings is 1. The predicted molar refractivity (Wildman–Crippen MR) is 81.5 cm³/mol. The Hall–Kier alpha value is -1.85. The van der Waals surface area contributed by atoms with Crippen molar-refractivity contribution in [2.45, 2.75) is 13.8 Å². The molecule has 110 valence electrons. The zero-order valence-corrected chi connectivity index (χ0v) is 13.0. The van der Waals surface area contributed by atoms with Gasteiger partial charge in [0.15, 0.2) is 6.61 Å². The number of Topliss-reactive ketones (excluding diaryl/α,β-unsaturated/α-hetero) is 1. The van der Waals surface area contributed by atoms with Gasteiger partial charge in [-0.2, -0.15) is 0 Å². The van der Waals surface area contributed by atoms with E-state index in [4.69, 9.17) is 16.3 Å². The lowest BCUT2D eigenvalue weighted by atomic mass is 10.1. The molecule has 0 aliphatic carbocycles. The third-order valence-corrected chi connectivity index (χ3v) is 4.06. The average molecular weight is 325 g/mol. The van der Waals surface area contributed by atoms with Crippen molar-refractivity contribution in [1.29, 1.82) is 0 Å². The number of benzene rings is 1. The molecular formula is C15H13ClO4S. The van der Waals surface area contributed by atoms with Crippen LogP contribution in [0.2, 0.25) is 5.02 Å². The molecule has 0 fully saturated rings. The Morgan fingerprint density at radius 1 is 1.24 bits per heavy atom. The lowest BCUT2D eigenvalue weighted by Crippen LogP contribution is -2.14. The van der Waals surface area contributed by atoms with Crippen LogP contribution in [0.4, 0.5) is 0 Å². The van der Waals surface area contributed by atoms with E-state index in [1.807, 2.05) is 13.8 Å². The van der Waals surface area contributed by atoms with Gasteiger partial charge in [-0.1, -0.05) is 11.6 Å². The molecule has 0 saturated heterocycles. The van der Waals surface area contributed by atoms with E-state index in [2.05, 4.69) is 0 Å². The third-order valence-electron chi connectivity index (χ3n) is 2.85. The standard InChI is InChI=1S/C15H13ClO4S/c1-8-5-11(9(2)21-8)14(18)7-20-15(19)12-6-10(16)3-4-13(12)17/h3-6,17H,7H2,1-2H3. The van der Waals surface area contributed by atoms with E-state index >= 15 is 0 Å². The first-order valence-corrected chi connectivity index (χ1v) is 7.34.